The summed E-state index contributed by atoms with van der Waals surface area (Å²) in [6.45, 7) is 1.62. The first-order valence-electron chi connectivity index (χ1n) is 5.28. The lowest BCUT2D eigenvalue weighted by molar-refractivity contribution is 0.691. The highest BCUT2D eigenvalue weighted by Crippen LogP contribution is 2.11. The third kappa shape index (κ3) is 4.11. The fourth-order valence-electron chi connectivity index (χ4n) is 1.51. The van der Waals surface area contributed by atoms with Gasteiger partial charge in [-0.25, -0.2) is 0 Å². The number of halogens is 2. The first-order valence-corrected chi connectivity index (χ1v) is 6.46. The zero-order valence-electron chi connectivity index (χ0n) is 9.16. The Balaban J connectivity index is 1.85. The smallest absolute Gasteiger partial charge is 0.0410 e. The molecule has 0 saturated carbocycles. The van der Waals surface area contributed by atoms with Gasteiger partial charge in [-0.05, 0) is 45.3 Å². The van der Waals surface area contributed by atoms with Gasteiger partial charge in [0, 0.05) is 35.0 Å². The molecule has 88 valence electrons. The first kappa shape index (κ1) is 12.6. The van der Waals surface area contributed by atoms with E-state index < -0.39 is 0 Å². The summed E-state index contributed by atoms with van der Waals surface area (Å²) in [5, 5.41) is 4.13. The summed E-state index contributed by atoms with van der Waals surface area (Å²) in [4.78, 5) is 4.12. The van der Waals surface area contributed by atoms with Crippen molar-refractivity contribution in [3.8, 4) is 0 Å². The van der Waals surface area contributed by atoms with E-state index in [9.17, 15) is 0 Å². The lowest BCUT2D eigenvalue weighted by atomic mass is 10.2. The second-order valence-corrected chi connectivity index (χ2v) is 5.09. The summed E-state index contributed by atoms with van der Waals surface area (Å²) in [7, 11) is 0. The van der Waals surface area contributed by atoms with Gasteiger partial charge in [0.2, 0.25) is 0 Å². The van der Waals surface area contributed by atoms with E-state index in [-0.39, 0.29) is 0 Å². The number of pyridine rings is 1. The molecule has 2 aromatic rings. The molecule has 0 aliphatic rings. The van der Waals surface area contributed by atoms with Gasteiger partial charge in [-0.1, -0.05) is 23.7 Å². The van der Waals surface area contributed by atoms with Gasteiger partial charge < -0.3 is 5.32 Å². The predicted octanol–water partition coefficient (Wildman–Crippen LogP) is 3.79. The Morgan fingerprint density at radius 1 is 1.06 bits per heavy atom. The highest BCUT2D eigenvalue weighted by molar-refractivity contribution is 9.10. The second-order valence-electron chi connectivity index (χ2n) is 3.74. The molecule has 0 saturated heterocycles. The molecule has 0 spiro atoms. The van der Waals surface area contributed by atoms with Crippen LogP contribution in [0.2, 0.25) is 5.02 Å². The second kappa shape index (κ2) is 6.15. The van der Waals surface area contributed by atoms with Gasteiger partial charge in [0.15, 0.2) is 0 Å². The van der Waals surface area contributed by atoms with Crippen LogP contribution in [-0.4, -0.2) is 4.98 Å². The van der Waals surface area contributed by atoms with Crippen LogP contribution < -0.4 is 5.32 Å². The van der Waals surface area contributed by atoms with E-state index in [1.54, 1.807) is 6.20 Å². The number of benzene rings is 1. The highest BCUT2D eigenvalue weighted by Gasteiger charge is 1.96. The lowest BCUT2D eigenvalue weighted by Crippen LogP contribution is -2.12. The Labute approximate surface area is 114 Å². The van der Waals surface area contributed by atoms with Gasteiger partial charge >= 0.3 is 0 Å². The SMILES string of the molecule is Clc1ccc(CNCc2cncc(Br)c2)cc1. The molecule has 0 amide bonds. The molecule has 1 aromatic heterocycles. The summed E-state index contributed by atoms with van der Waals surface area (Å²) in [5.41, 5.74) is 2.38. The number of rotatable bonds is 4. The van der Waals surface area contributed by atoms with Gasteiger partial charge in [-0.2, -0.15) is 0 Å². The molecule has 2 rings (SSSR count). The molecule has 0 unspecified atom stereocenters. The van der Waals surface area contributed by atoms with E-state index in [0.29, 0.717) is 0 Å². The van der Waals surface area contributed by atoms with Crippen molar-refractivity contribution in [2.45, 2.75) is 13.1 Å². The van der Waals surface area contributed by atoms with Crippen molar-refractivity contribution in [1.29, 1.82) is 0 Å². The van der Waals surface area contributed by atoms with Gasteiger partial charge in [0.1, 0.15) is 0 Å². The molecule has 1 N–H and O–H groups in total. The number of aromatic nitrogens is 1. The van der Waals surface area contributed by atoms with Gasteiger partial charge in [0.25, 0.3) is 0 Å². The van der Waals surface area contributed by atoms with Crippen molar-refractivity contribution < 1.29 is 0 Å². The fraction of sp³-hybridized carbons (Fsp3) is 0.154. The monoisotopic (exact) mass is 310 g/mol. The third-order valence-corrected chi connectivity index (χ3v) is 3.02. The molecule has 0 radical (unpaired) electrons. The summed E-state index contributed by atoms with van der Waals surface area (Å²) >= 11 is 9.23. The van der Waals surface area contributed by atoms with Gasteiger partial charge in [-0.15, -0.1) is 0 Å². The molecular weight excluding hydrogens is 300 g/mol. The quantitative estimate of drug-likeness (QED) is 0.929. The molecule has 17 heavy (non-hydrogen) atoms. The Bertz CT molecular complexity index is 485. The molecular formula is C13H12BrClN2. The Morgan fingerprint density at radius 2 is 1.76 bits per heavy atom. The van der Waals surface area contributed by atoms with Crippen molar-refractivity contribution in [2.75, 3.05) is 0 Å². The standard InChI is InChI=1S/C13H12BrClN2/c14-12-5-11(8-17-9-12)7-16-6-10-1-3-13(15)4-2-10/h1-5,8-9,16H,6-7H2. The minimum Gasteiger partial charge on any atom is -0.309 e. The van der Waals surface area contributed by atoms with Crippen LogP contribution in [-0.2, 0) is 13.1 Å². The minimum absolute atomic E-state index is 0.768. The molecule has 0 fully saturated rings. The van der Waals surface area contributed by atoms with Crippen molar-refractivity contribution in [2.24, 2.45) is 0 Å². The van der Waals surface area contributed by atoms with Crippen LogP contribution in [0, 0.1) is 0 Å². The minimum atomic E-state index is 0.768. The third-order valence-electron chi connectivity index (χ3n) is 2.33. The van der Waals surface area contributed by atoms with Gasteiger partial charge in [0.05, 0.1) is 0 Å². The van der Waals surface area contributed by atoms with E-state index >= 15 is 0 Å². The molecule has 0 aliphatic heterocycles. The van der Waals surface area contributed by atoms with Crippen LogP contribution in [0.25, 0.3) is 0 Å². The topological polar surface area (TPSA) is 24.9 Å². The Hall–Kier alpha value is -0.900. The van der Waals surface area contributed by atoms with Crippen LogP contribution >= 0.6 is 27.5 Å². The van der Waals surface area contributed by atoms with Crippen LogP contribution in [0.5, 0.6) is 0 Å². The molecule has 2 nitrogen and oxygen atoms in total. The Morgan fingerprint density at radius 3 is 2.47 bits per heavy atom. The van der Waals surface area contributed by atoms with Crippen molar-refractivity contribution in [3.05, 3.63) is 63.3 Å². The summed E-state index contributed by atoms with van der Waals surface area (Å²) in [6, 6.07) is 9.91. The first-order chi connectivity index (χ1) is 8.24. The number of hydrogen-bond acceptors (Lipinski definition) is 2. The number of nitrogens with one attached hydrogen (secondary N) is 1. The van der Waals surface area contributed by atoms with E-state index in [4.69, 9.17) is 11.6 Å². The average Bonchev–Trinajstić information content (AvgIpc) is 2.32. The van der Waals surface area contributed by atoms with Crippen LogP contribution in [0.1, 0.15) is 11.1 Å². The van der Waals surface area contributed by atoms with Crippen LogP contribution in [0.15, 0.2) is 47.2 Å². The van der Waals surface area contributed by atoms with Crippen molar-refractivity contribution >= 4 is 27.5 Å². The maximum absolute atomic E-state index is 5.83. The van der Waals surface area contributed by atoms with E-state index in [2.05, 4.69) is 32.3 Å². The maximum Gasteiger partial charge on any atom is 0.0410 e. The molecule has 0 aliphatic carbocycles. The molecule has 4 heteroatoms. The van der Waals surface area contributed by atoms with Crippen molar-refractivity contribution in [1.82, 2.24) is 10.3 Å². The van der Waals surface area contributed by atoms with E-state index in [1.165, 1.54) is 5.56 Å². The molecule has 0 atom stereocenters. The predicted molar refractivity (Wildman–Crippen MR) is 73.9 cm³/mol. The maximum atomic E-state index is 5.83. The average molecular weight is 312 g/mol. The van der Waals surface area contributed by atoms with Crippen LogP contribution in [0.3, 0.4) is 0 Å². The normalized spacial score (nSPS) is 10.5. The fourth-order valence-corrected chi connectivity index (χ4v) is 2.04. The summed E-state index contributed by atoms with van der Waals surface area (Å²) < 4.78 is 1.00. The number of nitrogens with zero attached hydrogens (tertiary/aromatic N) is 1. The Kier molecular flexibility index (Phi) is 4.54. The molecule has 0 bridgehead atoms. The van der Waals surface area contributed by atoms with E-state index in [0.717, 1.165) is 28.1 Å². The van der Waals surface area contributed by atoms with Crippen molar-refractivity contribution in [3.63, 3.8) is 0 Å². The highest BCUT2D eigenvalue weighted by atomic mass is 79.9. The van der Waals surface area contributed by atoms with E-state index in [1.807, 2.05) is 30.5 Å². The molecule has 1 aromatic carbocycles. The zero-order chi connectivity index (χ0) is 12.1. The summed E-state index contributed by atoms with van der Waals surface area (Å²) in [5.74, 6) is 0. The summed E-state index contributed by atoms with van der Waals surface area (Å²) in [6.07, 6.45) is 3.64. The number of hydrogen-bond donors (Lipinski definition) is 1. The zero-order valence-corrected chi connectivity index (χ0v) is 11.5. The lowest BCUT2D eigenvalue weighted by Gasteiger charge is -2.05. The largest absolute Gasteiger partial charge is 0.309 e. The van der Waals surface area contributed by atoms with Crippen LogP contribution in [0.4, 0.5) is 0 Å². The molecule has 1 heterocycles. The van der Waals surface area contributed by atoms with Gasteiger partial charge in [-0.3, -0.25) is 4.98 Å².